The number of ether oxygens (including phenoxy) is 3. The number of nitrogens with one attached hydrogen (secondary N) is 1. The van der Waals surface area contributed by atoms with E-state index in [1.165, 1.54) is 21.3 Å². The molecule has 1 amide bonds. The van der Waals surface area contributed by atoms with E-state index in [9.17, 15) is 9.59 Å². The second kappa shape index (κ2) is 9.76. The van der Waals surface area contributed by atoms with Gasteiger partial charge in [0.15, 0.2) is 23.1 Å². The quantitative estimate of drug-likeness (QED) is 0.398. The van der Waals surface area contributed by atoms with E-state index < -0.39 is 28.8 Å². The number of hydrogen-bond donors (Lipinski definition) is 1. The lowest BCUT2D eigenvalue weighted by Crippen LogP contribution is -2.50. The van der Waals surface area contributed by atoms with E-state index in [0.29, 0.717) is 28.5 Å². The van der Waals surface area contributed by atoms with E-state index in [4.69, 9.17) is 14.2 Å². The molecule has 3 heterocycles. The lowest BCUT2D eigenvalue weighted by atomic mass is 9.62. The Labute approximate surface area is 245 Å². The Morgan fingerprint density at radius 2 is 1.55 bits per heavy atom. The molecule has 3 aromatic carbocycles. The predicted molar refractivity (Wildman–Crippen MR) is 159 cm³/mol. The number of amides is 1. The van der Waals surface area contributed by atoms with Crippen molar-refractivity contribution >= 4 is 29.2 Å². The van der Waals surface area contributed by atoms with Gasteiger partial charge in [-0.15, -0.1) is 0 Å². The van der Waals surface area contributed by atoms with Gasteiger partial charge in [0.05, 0.1) is 39.3 Å². The van der Waals surface area contributed by atoms with Crippen LogP contribution in [-0.2, 0) is 15.0 Å². The van der Waals surface area contributed by atoms with Crippen molar-refractivity contribution in [3.05, 3.63) is 89.1 Å². The number of benzene rings is 3. The van der Waals surface area contributed by atoms with Crippen molar-refractivity contribution in [3.63, 3.8) is 0 Å². The van der Waals surface area contributed by atoms with Crippen LogP contribution in [0.4, 0.5) is 5.69 Å². The van der Waals surface area contributed by atoms with Gasteiger partial charge in [-0.25, -0.2) is 0 Å². The van der Waals surface area contributed by atoms with Crippen LogP contribution in [0.2, 0.25) is 0 Å². The van der Waals surface area contributed by atoms with Gasteiger partial charge >= 0.3 is 0 Å². The second-order valence-electron chi connectivity index (χ2n) is 12.0. The summed E-state index contributed by atoms with van der Waals surface area (Å²) in [5.41, 5.74) is 1.23. The summed E-state index contributed by atoms with van der Waals surface area (Å²) in [6, 6.07) is 17.0. The molecule has 3 aliphatic rings. The van der Waals surface area contributed by atoms with E-state index in [1.54, 1.807) is 12.1 Å². The first-order valence-electron chi connectivity index (χ1n) is 13.9. The Bertz CT molecular complexity index is 1630. The van der Waals surface area contributed by atoms with E-state index in [1.807, 2.05) is 86.5 Å². The van der Waals surface area contributed by atoms with Crippen LogP contribution in [0.5, 0.6) is 17.2 Å². The number of anilines is 1. The zero-order chi connectivity index (χ0) is 30.0. The van der Waals surface area contributed by atoms with Gasteiger partial charge < -0.3 is 24.4 Å². The Morgan fingerprint density at radius 3 is 2.19 bits per heavy atom. The molecule has 1 N–H and O–H groups in total. The summed E-state index contributed by atoms with van der Waals surface area (Å²) in [5.74, 6) is -0.899. The minimum Gasteiger partial charge on any atom is -0.493 e. The number of fused-ring (bicyclic) bond motifs is 6. The van der Waals surface area contributed by atoms with E-state index in [2.05, 4.69) is 5.32 Å². The number of carbonyl (C=O) groups excluding carboxylic acids is 3. The molecule has 0 radical (unpaired) electrons. The highest BCUT2D eigenvalue weighted by atomic mass is 16.5. The van der Waals surface area contributed by atoms with Gasteiger partial charge in [0.25, 0.3) is 0 Å². The molecule has 0 aliphatic carbocycles. The molecule has 4 atom stereocenters. The number of nitrogens with zero attached hydrogens (tertiary/aromatic N) is 1. The number of carbonyl (C=O) groups is 3. The summed E-state index contributed by atoms with van der Waals surface area (Å²) in [4.78, 5) is 46.0. The molecule has 8 heteroatoms. The van der Waals surface area contributed by atoms with Gasteiger partial charge in [0, 0.05) is 22.9 Å². The molecule has 8 nitrogen and oxygen atoms in total. The van der Waals surface area contributed by atoms with Crippen LogP contribution < -0.4 is 19.5 Å². The zero-order valence-electron chi connectivity index (χ0n) is 24.6. The van der Waals surface area contributed by atoms with Crippen LogP contribution in [0.15, 0.2) is 66.9 Å². The molecule has 1 spiro atoms. The zero-order valence-corrected chi connectivity index (χ0v) is 24.6. The van der Waals surface area contributed by atoms with Crippen molar-refractivity contribution in [2.24, 2.45) is 11.3 Å². The fourth-order valence-corrected chi connectivity index (χ4v) is 7.01. The lowest BCUT2D eigenvalue weighted by molar-refractivity contribution is -0.131. The molecule has 1 fully saturated rings. The number of Topliss-reactive ketones (excluding diaryl/α,β-unsaturated/α-hetero) is 2. The third-order valence-electron chi connectivity index (χ3n) is 8.81. The number of methoxy groups -OCH3 is 3. The normalized spacial score (nSPS) is 23.6. The number of ketones is 2. The van der Waals surface area contributed by atoms with E-state index >= 15 is 4.79 Å². The van der Waals surface area contributed by atoms with Crippen LogP contribution in [0, 0.1) is 11.3 Å². The van der Waals surface area contributed by atoms with Gasteiger partial charge in [0.1, 0.15) is 5.41 Å². The maximum atomic E-state index is 15.1. The van der Waals surface area contributed by atoms with Crippen molar-refractivity contribution < 1.29 is 28.6 Å². The Hall–Kier alpha value is -4.59. The molecule has 3 aliphatic heterocycles. The third-order valence-corrected chi connectivity index (χ3v) is 8.81. The van der Waals surface area contributed by atoms with Crippen molar-refractivity contribution in [1.29, 1.82) is 0 Å². The largest absolute Gasteiger partial charge is 0.493 e. The van der Waals surface area contributed by atoms with Crippen molar-refractivity contribution in [2.75, 3.05) is 26.6 Å². The second-order valence-corrected chi connectivity index (χ2v) is 12.0. The van der Waals surface area contributed by atoms with Gasteiger partial charge in [-0.1, -0.05) is 63.2 Å². The average molecular weight is 567 g/mol. The Morgan fingerprint density at radius 1 is 0.905 bits per heavy atom. The smallest absolute Gasteiger partial charge is 0.238 e. The summed E-state index contributed by atoms with van der Waals surface area (Å²) in [6.45, 7) is 5.54. The molecule has 0 bridgehead atoms. The third kappa shape index (κ3) is 3.70. The van der Waals surface area contributed by atoms with Gasteiger partial charge in [-0.3, -0.25) is 14.4 Å². The summed E-state index contributed by atoms with van der Waals surface area (Å²) >= 11 is 0. The highest BCUT2D eigenvalue weighted by Gasteiger charge is 2.71. The van der Waals surface area contributed by atoms with Gasteiger partial charge in [-0.05, 0) is 41.0 Å². The first-order chi connectivity index (χ1) is 20.1. The molecule has 216 valence electrons. The average Bonchev–Trinajstić information content (AvgIpc) is 3.47. The highest BCUT2D eigenvalue weighted by Crippen LogP contribution is 2.62. The maximum Gasteiger partial charge on any atom is 0.238 e. The van der Waals surface area contributed by atoms with Crippen molar-refractivity contribution in [1.82, 2.24) is 4.90 Å². The first kappa shape index (κ1) is 27.6. The van der Waals surface area contributed by atoms with Crippen LogP contribution in [0.25, 0.3) is 6.08 Å². The Kier molecular flexibility index (Phi) is 6.40. The number of rotatable bonds is 6. The van der Waals surface area contributed by atoms with E-state index in [0.717, 1.165) is 11.1 Å². The summed E-state index contributed by atoms with van der Waals surface area (Å²) in [7, 11) is 4.46. The van der Waals surface area contributed by atoms with E-state index in [-0.39, 0.29) is 23.0 Å². The summed E-state index contributed by atoms with van der Waals surface area (Å²) < 4.78 is 16.6. The van der Waals surface area contributed by atoms with Gasteiger partial charge in [0.2, 0.25) is 11.7 Å². The molecular formula is C34H34N2O6. The molecule has 6 rings (SSSR count). The molecular weight excluding hydrogens is 532 g/mol. The lowest BCUT2D eigenvalue weighted by Gasteiger charge is -2.38. The first-order valence-corrected chi connectivity index (χ1v) is 13.9. The predicted octanol–water partition coefficient (Wildman–Crippen LogP) is 5.43. The molecule has 1 saturated heterocycles. The van der Waals surface area contributed by atoms with Crippen molar-refractivity contribution in [2.45, 2.75) is 38.3 Å². The van der Waals surface area contributed by atoms with Crippen LogP contribution in [0.3, 0.4) is 0 Å². The number of para-hydroxylation sites is 1. The summed E-state index contributed by atoms with van der Waals surface area (Å²) in [6.07, 6.45) is 3.83. The molecule has 3 aromatic rings. The standard InChI is InChI=1S/C34H34N2O6/c1-33(2,3)31(38)27-26(28(37)20-17-24(40-4)29(42-6)25(18-20)41-5)34(22-13-9-10-14-23(22)35-32(34)39)30-21-12-8-7-11-19(21)15-16-36(27)30/h7-18,26-27,30H,1-6H3,(H,35,39)/t26-,27-,30-,34+/m1/s1. The fraction of sp³-hybridized carbons (Fsp3) is 0.324. The molecule has 0 aromatic heterocycles. The number of hydrogen-bond acceptors (Lipinski definition) is 7. The summed E-state index contributed by atoms with van der Waals surface area (Å²) in [5, 5.41) is 3.07. The Balaban J connectivity index is 1.68. The molecule has 42 heavy (non-hydrogen) atoms. The maximum absolute atomic E-state index is 15.1. The molecule has 0 unspecified atom stereocenters. The fourth-order valence-electron chi connectivity index (χ4n) is 7.01. The highest BCUT2D eigenvalue weighted by molar-refractivity contribution is 6.15. The van der Waals surface area contributed by atoms with Crippen LogP contribution in [0.1, 0.15) is 53.9 Å². The van der Waals surface area contributed by atoms with Gasteiger partial charge in [-0.2, -0.15) is 0 Å². The van der Waals surface area contributed by atoms with Crippen molar-refractivity contribution in [3.8, 4) is 17.2 Å². The topological polar surface area (TPSA) is 94.2 Å². The monoisotopic (exact) mass is 566 g/mol. The molecule has 0 saturated carbocycles. The SMILES string of the molecule is COc1cc(C(=O)[C@H]2[C@H](C(=O)C(C)(C)C)N3C=Cc4ccccc4[C@@H]3[C@@]23C(=O)Nc2ccccc23)cc(OC)c1OC. The van der Waals surface area contributed by atoms with Crippen LogP contribution >= 0.6 is 0 Å². The minimum absolute atomic E-state index is 0.128. The van der Waals surface area contributed by atoms with Crippen LogP contribution in [-0.4, -0.2) is 49.7 Å². The minimum atomic E-state index is -1.40.